The van der Waals surface area contributed by atoms with E-state index in [0.29, 0.717) is 17.7 Å². The average molecular weight is 468 g/mol. The summed E-state index contributed by atoms with van der Waals surface area (Å²) in [7, 11) is 0. The van der Waals surface area contributed by atoms with Crippen molar-refractivity contribution in [3.8, 4) is 5.75 Å². The number of halogens is 1. The lowest BCUT2D eigenvalue weighted by atomic mass is 9.78. The third-order valence-electron chi connectivity index (χ3n) is 5.29. The van der Waals surface area contributed by atoms with Gasteiger partial charge in [0.05, 0.1) is 4.60 Å². The fourth-order valence-corrected chi connectivity index (χ4v) is 4.05. The molecule has 0 spiro atoms. The van der Waals surface area contributed by atoms with Gasteiger partial charge in [-0.25, -0.2) is 0 Å². The van der Waals surface area contributed by atoms with Crippen LogP contribution in [0.25, 0.3) is 0 Å². The molecular weight excluding hydrogens is 438 g/mol. The Kier molecular flexibility index (Phi) is 6.01. The molecule has 3 nitrogen and oxygen atoms in total. The quantitative estimate of drug-likeness (QED) is 0.427. The van der Waals surface area contributed by atoms with Gasteiger partial charge in [-0.15, -0.1) is 0 Å². The minimum absolute atomic E-state index is 0.0430. The molecule has 30 heavy (non-hydrogen) atoms. The number of carbonyl (C=O) groups excluding carboxylic acids is 1. The molecular formula is C26H30BrNO2. The molecule has 1 aromatic heterocycles. The van der Waals surface area contributed by atoms with Crippen LogP contribution in [0.3, 0.4) is 0 Å². The molecule has 1 N–H and O–H groups in total. The van der Waals surface area contributed by atoms with E-state index < -0.39 is 0 Å². The molecule has 0 saturated carbocycles. The van der Waals surface area contributed by atoms with Crippen LogP contribution in [0.2, 0.25) is 0 Å². The van der Waals surface area contributed by atoms with Crippen LogP contribution in [0.15, 0.2) is 59.3 Å². The standard InChI is InChI=1S/C26H30BrNO2/c1-25(2,3)20-12-18(13-21(24(20)30)26(4,5)6)23(29)19-14-22(27)28(16-19)15-17-10-8-7-9-11-17/h7-14,16,30H,15H2,1-6H3. The lowest BCUT2D eigenvalue weighted by Crippen LogP contribution is -2.19. The third kappa shape index (κ3) is 4.70. The normalized spacial score (nSPS) is 12.2. The first kappa shape index (κ1) is 22.4. The van der Waals surface area contributed by atoms with Gasteiger partial charge in [-0.05, 0) is 50.5 Å². The number of hydrogen-bond donors (Lipinski definition) is 1. The predicted octanol–water partition coefficient (Wildman–Crippen LogP) is 6.83. The summed E-state index contributed by atoms with van der Waals surface area (Å²) in [6.45, 7) is 13.0. The van der Waals surface area contributed by atoms with Crippen molar-refractivity contribution in [2.75, 3.05) is 0 Å². The van der Waals surface area contributed by atoms with Gasteiger partial charge in [-0.3, -0.25) is 4.79 Å². The summed E-state index contributed by atoms with van der Waals surface area (Å²) in [6, 6.07) is 15.7. The maximum absolute atomic E-state index is 13.4. The number of aromatic hydroxyl groups is 1. The van der Waals surface area contributed by atoms with E-state index in [1.54, 1.807) is 0 Å². The van der Waals surface area contributed by atoms with Gasteiger partial charge < -0.3 is 9.67 Å². The molecule has 0 aliphatic carbocycles. The molecule has 0 radical (unpaired) electrons. The van der Waals surface area contributed by atoms with Crippen LogP contribution < -0.4 is 0 Å². The highest BCUT2D eigenvalue weighted by Gasteiger charge is 2.28. The second-order valence-electron chi connectivity index (χ2n) is 9.91. The van der Waals surface area contributed by atoms with Gasteiger partial charge in [0.25, 0.3) is 0 Å². The topological polar surface area (TPSA) is 42.2 Å². The van der Waals surface area contributed by atoms with E-state index >= 15 is 0 Å². The van der Waals surface area contributed by atoms with E-state index in [4.69, 9.17) is 0 Å². The second kappa shape index (κ2) is 8.07. The summed E-state index contributed by atoms with van der Waals surface area (Å²) >= 11 is 3.59. The van der Waals surface area contributed by atoms with Gasteiger partial charge in [0.1, 0.15) is 5.75 Å². The minimum atomic E-state index is -0.278. The van der Waals surface area contributed by atoms with Gasteiger partial charge in [0.15, 0.2) is 5.78 Å². The van der Waals surface area contributed by atoms with E-state index in [1.807, 2.05) is 47.2 Å². The summed E-state index contributed by atoms with van der Waals surface area (Å²) in [5.41, 5.74) is 3.43. The molecule has 0 aliphatic rings. The van der Waals surface area contributed by atoms with Gasteiger partial charge in [-0.2, -0.15) is 0 Å². The number of rotatable bonds is 4. The summed E-state index contributed by atoms with van der Waals surface area (Å²) in [5, 5.41) is 10.9. The Hall–Kier alpha value is -2.33. The monoisotopic (exact) mass is 467 g/mol. The molecule has 3 rings (SSSR count). The molecule has 1 heterocycles. The van der Waals surface area contributed by atoms with Crippen molar-refractivity contribution >= 4 is 21.7 Å². The Balaban J connectivity index is 2.04. The van der Waals surface area contributed by atoms with Crippen LogP contribution in [-0.2, 0) is 17.4 Å². The van der Waals surface area contributed by atoms with Gasteiger partial charge in [0.2, 0.25) is 0 Å². The van der Waals surface area contributed by atoms with Crippen molar-refractivity contribution in [2.24, 2.45) is 0 Å². The average Bonchev–Trinajstić information content (AvgIpc) is 3.00. The Morgan fingerprint density at radius 3 is 1.93 bits per heavy atom. The van der Waals surface area contributed by atoms with Gasteiger partial charge >= 0.3 is 0 Å². The smallest absolute Gasteiger partial charge is 0.194 e. The number of benzene rings is 2. The number of phenols is 1. The molecule has 0 bridgehead atoms. The molecule has 0 aliphatic heterocycles. The van der Waals surface area contributed by atoms with E-state index in [2.05, 4.69) is 69.6 Å². The molecule has 0 unspecified atom stereocenters. The molecule has 0 fully saturated rings. The van der Waals surface area contributed by atoms with E-state index in [1.165, 1.54) is 5.56 Å². The van der Waals surface area contributed by atoms with Crippen molar-refractivity contribution in [3.63, 3.8) is 0 Å². The van der Waals surface area contributed by atoms with Gasteiger partial charge in [-0.1, -0.05) is 71.9 Å². The van der Waals surface area contributed by atoms with Crippen LogP contribution >= 0.6 is 15.9 Å². The van der Waals surface area contributed by atoms with Crippen LogP contribution in [-0.4, -0.2) is 15.5 Å². The highest BCUT2D eigenvalue weighted by molar-refractivity contribution is 9.10. The first-order chi connectivity index (χ1) is 13.9. The molecule has 0 atom stereocenters. The zero-order valence-electron chi connectivity index (χ0n) is 18.6. The fraction of sp³-hybridized carbons (Fsp3) is 0.346. The number of nitrogens with zero attached hydrogens (tertiary/aromatic N) is 1. The summed E-state index contributed by atoms with van der Waals surface area (Å²) < 4.78 is 2.89. The third-order valence-corrected chi connectivity index (χ3v) is 5.97. The zero-order valence-corrected chi connectivity index (χ0v) is 20.2. The Morgan fingerprint density at radius 2 is 1.43 bits per heavy atom. The van der Waals surface area contributed by atoms with Crippen molar-refractivity contribution in [3.05, 3.63) is 87.1 Å². The second-order valence-corrected chi connectivity index (χ2v) is 10.7. The van der Waals surface area contributed by atoms with Crippen LogP contribution in [0.1, 0.15) is 74.2 Å². The maximum atomic E-state index is 13.4. The maximum Gasteiger partial charge on any atom is 0.194 e. The lowest BCUT2D eigenvalue weighted by Gasteiger charge is -2.28. The van der Waals surface area contributed by atoms with Crippen molar-refractivity contribution in [1.82, 2.24) is 4.57 Å². The van der Waals surface area contributed by atoms with Crippen molar-refractivity contribution in [2.45, 2.75) is 58.9 Å². The number of hydrogen-bond acceptors (Lipinski definition) is 2. The Morgan fingerprint density at radius 1 is 0.900 bits per heavy atom. The lowest BCUT2D eigenvalue weighted by molar-refractivity contribution is 0.103. The molecule has 2 aromatic carbocycles. The van der Waals surface area contributed by atoms with Crippen LogP contribution in [0.4, 0.5) is 0 Å². The number of carbonyl (C=O) groups is 1. The molecule has 4 heteroatoms. The fourth-order valence-electron chi connectivity index (χ4n) is 3.58. The first-order valence-electron chi connectivity index (χ1n) is 10.2. The highest BCUT2D eigenvalue weighted by Crippen LogP contribution is 2.40. The summed E-state index contributed by atoms with van der Waals surface area (Å²) in [5.74, 6) is 0.243. The molecule has 158 valence electrons. The van der Waals surface area contributed by atoms with E-state index in [9.17, 15) is 9.90 Å². The van der Waals surface area contributed by atoms with Gasteiger partial charge in [0, 0.05) is 35.0 Å². The number of aromatic nitrogens is 1. The van der Waals surface area contributed by atoms with E-state index in [-0.39, 0.29) is 22.4 Å². The van der Waals surface area contributed by atoms with Crippen LogP contribution in [0, 0.1) is 0 Å². The summed E-state index contributed by atoms with van der Waals surface area (Å²) in [4.78, 5) is 13.4. The van der Waals surface area contributed by atoms with Crippen LogP contribution in [0.5, 0.6) is 5.75 Å². The first-order valence-corrected chi connectivity index (χ1v) is 11.0. The van der Waals surface area contributed by atoms with Crippen molar-refractivity contribution < 1.29 is 9.90 Å². The zero-order chi connectivity index (χ0) is 22.3. The molecule has 0 amide bonds. The van der Waals surface area contributed by atoms with E-state index in [0.717, 1.165) is 15.7 Å². The van der Waals surface area contributed by atoms with Crippen molar-refractivity contribution in [1.29, 1.82) is 0 Å². The minimum Gasteiger partial charge on any atom is -0.507 e. The molecule has 3 aromatic rings. The predicted molar refractivity (Wildman–Crippen MR) is 127 cm³/mol. The Bertz CT molecular complexity index is 1030. The highest BCUT2D eigenvalue weighted by atomic mass is 79.9. The summed E-state index contributed by atoms with van der Waals surface area (Å²) in [6.07, 6.45) is 1.89. The number of ketones is 1. The molecule has 0 saturated heterocycles. The largest absolute Gasteiger partial charge is 0.507 e. The number of phenolic OH excluding ortho intramolecular Hbond substituents is 1. The Labute approximate surface area is 187 Å². The SMILES string of the molecule is CC(C)(C)c1cc(C(=O)c2cc(Br)n(Cc3ccccc3)c2)cc(C(C)(C)C)c1O.